The first-order valence-corrected chi connectivity index (χ1v) is 9.04. The molecule has 2 aromatic rings. The number of benzene rings is 1. The van der Waals surface area contributed by atoms with E-state index in [0.29, 0.717) is 0 Å². The van der Waals surface area contributed by atoms with E-state index in [1.807, 2.05) is 4.90 Å². The number of likely N-dealkylation sites (tertiary alicyclic amines) is 1. The maximum Gasteiger partial charge on any atom is 0.282 e. The van der Waals surface area contributed by atoms with E-state index in [0.717, 1.165) is 37.6 Å². The van der Waals surface area contributed by atoms with Gasteiger partial charge in [-0.05, 0) is 32.3 Å². The smallest absolute Gasteiger partial charge is 0.282 e. The highest BCUT2D eigenvalue weighted by atomic mass is 32.2. The zero-order valence-electron chi connectivity index (χ0n) is 13.8. The lowest BCUT2D eigenvalue weighted by atomic mass is 10.0. The second-order valence-corrected chi connectivity index (χ2v) is 6.79. The third-order valence-electron chi connectivity index (χ3n) is 4.18. The number of carbonyl (C=O) groups excluding carboxylic acids is 1. The lowest BCUT2D eigenvalue weighted by Gasteiger charge is -2.33. The Balaban J connectivity index is 1.66. The number of para-hydroxylation sites is 1. The fourth-order valence-corrected chi connectivity index (χ4v) is 3.51. The van der Waals surface area contributed by atoms with Gasteiger partial charge in [-0.15, -0.1) is 10.2 Å². The Morgan fingerprint density at radius 2 is 2.20 bits per heavy atom. The number of nitro groups is 1. The van der Waals surface area contributed by atoms with Crippen LogP contribution < -0.4 is 0 Å². The third-order valence-corrected chi connectivity index (χ3v) is 4.98. The van der Waals surface area contributed by atoms with Crippen LogP contribution in [0.1, 0.15) is 26.2 Å². The fourth-order valence-electron chi connectivity index (χ4n) is 2.87. The van der Waals surface area contributed by atoms with Crippen LogP contribution in [0.4, 0.5) is 5.69 Å². The van der Waals surface area contributed by atoms with Crippen LogP contribution in [0.3, 0.4) is 0 Å². The molecular weight excluding hydrogens is 344 g/mol. The van der Waals surface area contributed by atoms with Crippen molar-refractivity contribution in [1.29, 1.82) is 0 Å². The molecule has 1 unspecified atom stereocenters. The van der Waals surface area contributed by atoms with Crippen molar-refractivity contribution in [3.05, 3.63) is 34.4 Å². The van der Waals surface area contributed by atoms with Gasteiger partial charge in [-0.3, -0.25) is 14.9 Å². The number of hydrogen-bond acceptors (Lipinski definition) is 7. The SMILES string of the molecule is CC1CCCCN1C(=O)CSc1nnc(-c2ccccc2[N+](=O)[O-])o1. The van der Waals surface area contributed by atoms with E-state index in [2.05, 4.69) is 17.1 Å². The van der Waals surface area contributed by atoms with Crippen molar-refractivity contribution in [2.75, 3.05) is 12.3 Å². The second-order valence-electron chi connectivity index (χ2n) is 5.87. The third kappa shape index (κ3) is 3.98. The minimum absolute atomic E-state index is 0.0441. The van der Waals surface area contributed by atoms with E-state index >= 15 is 0 Å². The standard InChI is InChI=1S/C16H18N4O4S/c1-11-6-4-5-9-19(11)14(21)10-25-16-18-17-15(24-16)12-7-2-3-8-13(12)20(22)23/h2-3,7-8,11H,4-6,9-10H2,1H3. The highest BCUT2D eigenvalue weighted by Gasteiger charge is 2.24. The van der Waals surface area contributed by atoms with E-state index in [4.69, 9.17) is 4.42 Å². The van der Waals surface area contributed by atoms with Crippen LogP contribution in [0.2, 0.25) is 0 Å². The summed E-state index contributed by atoms with van der Waals surface area (Å²) in [6, 6.07) is 6.44. The average molecular weight is 362 g/mol. The number of rotatable bonds is 5. The molecule has 3 rings (SSSR count). The molecule has 132 valence electrons. The molecule has 25 heavy (non-hydrogen) atoms. The number of thioether (sulfide) groups is 1. The predicted molar refractivity (Wildman–Crippen MR) is 92.1 cm³/mol. The molecule has 0 saturated carbocycles. The van der Waals surface area contributed by atoms with Gasteiger partial charge in [0.2, 0.25) is 5.91 Å². The van der Waals surface area contributed by atoms with Crippen molar-refractivity contribution in [3.63, 3.8) is 0 Å². The van der Waals surface area contributed by atoms with Gasteiger partial charge in [-0.1, -0.05) is 23.9 Å². The van der Waals surface area contributed by atoms with Gasteiger partial charge in [0.05, 0.1) is 10.7 Å². The van der Waals surface area contributed by atoms with Crippen LogP contribution in [0.25, 0.3) is 11.5 Å². The molecule has 1 aliphatic rings. The van der Waals surface area contributed by atoms with Gasteiger partial charge >= 0.3 is 0 Å². The van der Waals surface area contributed by atoms with Crippen LogP contribution in [-0.2, 0) is 4.79 Å². The molecule has 1 aliphatic heterocycles. The first kappa shape index (κ1) is 17.4. The van der Waals surface area contributed by atoms with Crippen LogP contribution in [0.15, 0.2) is 33.9 Å². The molecule has 1 saturated heterocycles. The molecule has 9 heteroatoms. The largest absolute Gasteiger partial charge is 0.411 e. The molecule has 8 nitrogen and oxygen atoms in total. The number of hydrogen-bond donors (Lipinski definition) is 0. The van der Waals surface area contributed by atoms with Gasteiger partial charge in [0.15, 0.2) is 0 Å². The summed E-state index contributed by atoms with van der Waals surface area (Å²) in [5.74, 6) is 0.333. The molecule has 0 bridgehead atoms. The van der Waals surface area contributed by atoms with Gasteiger partial charge in [0.25, 0.3) is 16.8 Å². The normalized spacial score (nSPS) is 17.5. The summed E-state index contributed by atoms with van der Waals surface area (Å²) in [4.78, 5) is 24.8. The lowest BCUT2D eigenvalue weighted by Crippen LogP contribution is -2.42. The number of nitrogens with zero attached hydrogens (tertiary/aromatic N) is 4. The second kappa shape index (κ2) is 7.64. The molecular formula is C16H18N4O4S. The van der Waals surface area contributed by atoms with Crippen molar-refractivity contribution in [2.24, 2.45) is 0 Å². The molecule has 0 N–H and O–H groups in total. The van der Waals surface area contributed by atoms with Crippen molar-refractivity contribution in [1.82, 2.24) is 15.1 Å². The Hall–Kier alpha value is -2.42. The summed E-state index contributed by atoms with van der Waals surface area (Å²) >= 11 is 1.15. The summed E-state index contributed by atoms with van der Waals surface area (Å²) in [6.07, 6.45) is 3.21. The van der Waals surface area contributed by atoms with Crippen LogP contribution >= 0.6 is 11.8 Å². The Kier molecular flexibility index (Phi) is 5.32. The lowest BCUT2D eigenvalue weighted by molar-refractivity contribution is -0.384. The van der Waals surface area contributed by atoms with Crippen LogP contribution in [0, 0.1) is 10.1 Å². The monoisotopic (exact) mass is 362 g/mol. The van der Waals surface area contributed by atoms with E-state index < -0.39 is 4.92 Å². The number of piperidine rings is 1. The number of nitro benzene ring substituents is 1. The van der Waals surface area contributed by atoms with E-state index in [-0.39, 0.29) is 40.1 Å². The maximum absolute atomic E-state index is 12.3. The Bertz CT molecular complexity index is 779. The van der Waals surface area contributed by atoms with Crippen molar-refractivity contribution in [3.8, 4) is 11.5 Å². The Morgan fingerprint density at radius 1 is 1.40 bits per heavy atom. The topological polar surface area (TPSA) is 102 Å². The van der Waals surface area contributed by atoms with Crippen molar-refractivity contribution >= 4 is 23.4 Å². The molecule has 1 atom stereocenters. The number of carbonyl (C=O) groups is 1. The van der Waals surface area contributed by atoms with E-state index in [9.17, 15) is 14.9 Å². The first-order chi connectivity index (χ1) is 12.1. The summed E-state index contributed by atoms with van der Waals surface area (Å²) in [7, 11) is 0. The van der Waals surface area contributed by atoms with Gasteiger partial charge in [0.1, 0.15) is 5.56 Å². The Morgan fingerprint density at radius 3 is 2.96 bits per heavy atom. The van der Waals surface area contributed by atoms with E-state index in [1.54, 1.807) is 18.2 Å². The molecule has 0 aliphatic carbocycles. The zero-order chi connectivity index (χ0) is 17.8. The molecule has 1 aromatic carbocycles. The molecule has 0 radical (unpaired) electrons. The fraction of sp³-hybridized carbons (Fsp3) is 0.438. The molecule has 0 spiro atoms. The summed E-state index contributed by atoms with van der Waals surface area (Å²) in [6.45, 7) is 2.84. The minimum Gasteiger partial charge on any atom is -0.411 e. The zero-order valence-corrected chi connectivity index (χ0v) is 14.6. The quantitative estimate of drug-likeness (QED) is 0.457. The van der Waals surface area contributed by atoms with Gasteiger partial charge < -0.3 is 9.32 Å². The summed E-state index contributed by atoms with van der Waals surface area (Å²) in [5, 5.41) is 19.1. The Labute approximate surface area is 148 Å². The average Bonchev–Trinajstić information content (AvgIpc) is 3.09. The number of amides is 1. The van der Waals surface area contributed by atoms with E-state index in [1.165, 1.54) is 6.07 Å². The summed E-state index contributed by atoms with van der Waals surface area (Å²) in [5.41, 5.74) is 0.170. The highest BCUT2D eigenvalue weighted by Crippen LogP contribution is 2.30. The van der Waals surface area contributed by atoms with Gasteiger partial charge in [-0.25, -0.2) is 0 Å². The molecule has 1 amide bonds. The van der Waals surface area contributed by atoms with Crippen LogP contribution in [-0.4, -0.2) is 44.3 Å². The van der Waals surface area contributed by atoms with Gasteiger partial charge in [-0.2, -0.15) is 0 Å². The van der Waals surface area contributed by atoms with Crippen molar-refractivity contribution < 1.29 is 14.1 Å². The number of aromatic nitrogens is 2. The molecule has 1 aromatic heterocycles. The highest BCUT2D eigenvalue weighted by molar-refractivity contribution is 7.99. The van der Waals surface area contributed by atoms with Gasteiger partial charge in [0, 0.05) is 18.7 Å². The first-order valence-electron chi connectivity index (χ1n) is 8.06. The molecule has 2 heterocycles. The van der Waals surface area contributed by atoms with Crippen LogP contribution in [0.5, 0.6) is 0 Å². The maximum atomic E-state index is 12.3. The summed E-state index contributed by atoms with van der Waals surface area (Å²) < 4.78 is 5.49. The van der Waals surface area contributed by atoms with Crippen molar-refractivity contribution in [2.45, 2.75) is 37.5 Å². The predicted octanol–water partition coefficient (Wildman–Crippen LogP) is 3.14. The molecule has 1 fully saturated rings. The minimum atomic E-state index is -0.492.